The molecule has 1 aromatic carbocycles. The number of hydrogen-bond donors (Lipinski definition) is 1. The number of amides is 1. The van der Waals surface area contributed by atoms with Crippen molar-refractivity contribution in [3.05, 3.63) is 53.5 Å². The maximum atomic E-state index is 13.2. The number of anilines is 1. The second-order valence-corrected chi connectivity index (χ2v) is 8.99. The molecule has 1 atom stereocenters. The fourth-order valence-corrected chi connectivity index (χ4v) is 4.79. The van der Waals surface area contributed by atoms with Crippen LogP contribution in [0.25, 0.3) is 0 Å². The summed E-state index contributed by atoms with van der Waals surface area (Å²) in [4.78, 5) is 17.6. The van der Waals surface area contributed by atoms with E-state index in [9.17, 15) is 4.79 Å². The lowest BCUT2D eigenvalue weighted by Gasteiger charge is -2.32. The summed E-state index contributed by atoms with van der Waals surface area (Å²) in [5.41, 5.74) is 3.36. The highest BCUT2D eigenvalue weighted by atomic mass is 16.3. The summed E-state index contributed by atoms with van der Waals surface area (Å²) >= 11 is 0. The number of para-hydroxylation sites is 1. The van der Waals surface area contributed by atoms with E-state index in [1.165, 1.54) is 24.1 Å². The topological polar surface area (TPSA) is 48.7 Å². The van der Waals surface area contributed by atoms with Crippen LogP contribution in [0.2, 0.25) is 0 Å². The van der Waals surface area contributed by atoms with Crippen molar-refractivity contribution in [3.63, 3.8) is 0 Å². The lowest BCUT2D eigenvalue weighted by molar-refractivity contribution is 0.0702. The van der Waals surface area contributed by atoms with E-state index < -0.39 is 0 Å². The molecule has 1 saturated heterocycles. The van der Waals surface area contributed by atoms with Gasteiger partial charge < -0.3 is 19.5 Å². The normalized spacial score (nSPS) is 22.2. The molecule has 1 aliphatic carbocycles. The second kappa shape index (κ2) is 7.86. The van der Waals surface area contributed by atoms with Crippen molar-refractivity contribution in [1.82, 2.24) is 10.2 Å². The van der Waals surface area contributed by atoms with Gasteiger partial charge in [0.2, 0.25) is 0 Å². The van der Waals surface area contributed by atoms with Crippen LogP contribution in [0.15, 0.2) is 41.0 Å². The average Bonchev–Trinajstić information content (AvgIpc) is 3.37. The molecule has 1 saturated carbocycles. The zero-order chi connectivity index (χ0) is 19.8. The first-order valence-corrected chi connectivity index (χ1v) is 11.1. The van der Waals surface area contributed by atoms with Crippen molar-refractivity contribution in [1.29, 1.82) is 0 Å². The summed E-state index contributed by atoms with van der Waals surface area (Å²) in [5, 5.41) is 3.69. The standard InChI is InChI=1S/C24H31N3O2/c1-17-14-19-4-2-3-5-22(19)27(17)16-23-21(10-13-29-23)24(28)26-11-8-20(9-12-26)25-15-18-6-7-18/h2-5,10,13,17-18,20,25H,6-9,11-12,14-16H2,1H3. The van der Waals surface area contributed by atoms with Gasteiger partial charge in [-0.25, -0.2) is 0 Å². The first-order valence-electron chi connectivity index (χ1n) is 11.1. The molecule has 2 aliphatic heterocycles. The Hall–Kier alpha value is -2.27. The summed E-state index contributed by atoms with van der Waals surface area (Å²) in [7, 11) is 0. The van der Waals surface area contributed by atoms with Crippen LogP contribution < -0.4 is 10.2 Å². The molecule has 154 valence electrons. The van der Waals surface area contributed by atoms with Crippen molar-refractivity contribution in [2.24, 2.45) is 5.92 Å². The van der Waals surface area contributed by atoms with Crippen molar-refractivity contribution in [2.75, 3.05) is 24.5 Å². The van der Waals surface area contributed by atoms with E-state index in [0.717, 1.165) is 56.1 Å². The molecular weight excluding hydrogens is 362 g/mol. The maximum Gasteiger partial charge on any atom is 0.257 e. The van der Waals surface area contributed by atoms with Gasteiger partial charge in [-0.1, -0.05) is 18.2 Å². The minimum atomic E-state index is 0.120. The Morgan fingerprint density at radius 1 is 1.14 bits per heavy atom. The van der Waals surface area contributed by atoms with E-state index in [-0.39, 0.29) is 5.91 Å². The molecule has 29 heavy (non-hydrogen) atoms. The zero-order valence-electron chi connectivity index (χ0n) is 17.3. The molecule has 1 unspecified atom stereocenters. The molecule has 2 fully saturated rings. The Kier molecular flexibility index (Phi) is 5.08. The van der Waals surface area contributed by atoms with Gasteiger partial charge in [0.1, 0.15) is 5.76 Å². The van der Waals surface area contributed by atoms with E-state index in [4.69, 9.17) is 4.42 Å². The Morgan fingerprint density at radius 3 is 2.72 bits per heavy atom. The van der Waals surface area contributed by atoms with Crippen molar-refractivity contribution in [2.45, 2.75) is 57.7 Å². The number of hydrogen-bond acceptors (Lipinski definition) is 4. The molecule has 0 radical (unpaired) electrons. The fourth-order valence-electron chi connectivity index (χ4n) is 4.79. The number of rotatable bonds is 6. The summed E-state index contributed by atoms with van der Waals surface area (Å²) in [5.74, 6) is 1.81. The van der Waals surface area contributed by atoms with Crippen LogP contribution in [0.3, 0.4) is 0 Å². The van der Waals surface area contributed by atoms with E-state index in [0.29, 0.717) is 18.6 Å². The van der Waals surface area contributed by atoms with Gasteiger partial charge in [0, 0.05) is 30.9 Å². The van der Waals surface area contributed by atoms with Crippen LogP contribution in [0.4, 0.5) is 5.69 Å². The number of nitrogens with one attached hydrogen (secondary N) is 1. The zero-order valence-corrected chi connectivity index (χ0v) is 17.3. The molecule has 5 heteroatoms. The number of carbonyl (C=O) groups excluding carboxylic acids is 1. The second-order valence-electron chi connectivity index (χ2n) is 8.99. The van der Waals surface area contributed by atoms with Crippen LogP contribution in [-0.4, -0.2) is 42.5 Å². The van der Waals surface area contributed by atoms with Crippen molar-refractivity contribution >= 4 is 11.6 Å². The average molecular weight is 394 g/mol. The molecular formula is C24H31N3O2. The number of piperidine rings is 1. The van der Waals surface area contributed by atoms with Gasteiger partial charge in [-0.05, 0) is 69.2 Å². The highest BCUT2D eigenvalue weighted by Crippen LogP contribution is 2.34. The van der Waals surface area contributed by atoms with Gasteiger partial charge >= 0.3 is 0 Å². The van der Waals surface area contributed by atoms with Gasteiger partial charge in [0.05, 0.1) is 18.4 Å². The van der Waals surface area contributed by atoms with Crippen LogP contribution in [-0.2, 0) is 13.0 Å². The molecule has 5 rings (SSSR count). The number of fused-ring (bicyclic) bond motifs is 1. The minimum absolute atomic E-state index is 0.120. The van der Waals surface area contributed by atoms with Crippen LogP contribution >= 0.6 is 0 Å². The lowest BCUT2D eigenvalue weighted by atomic mass is 10.0. The highest BCUT2D eigenvalue weighted by molar-refractivity contribution is 5.95. The number of furan rings is 1. The summed E-state index contributed by atoms with van der Waals surface area (Å²) in [6.45, 7) is 5.69. The van der Waals surface area contributed by atoms with Gasteiger partial charge in [0.15, 0.2) is 0 Å². The molecule has 2 aromatic rings. The first-order chi connectivity index (χ1) is 14.2. The number of nitrogens with zero attached hydrogens (tertiary/aromatic N) is 2. The number of benzene rings is 1. The van der Waals surface area contributed by atoms with Gasteiger partial charge in [0.25, 0.3) is 5.91 Å². The van der Waals surface area contributed by atoms with E-state index in [1.54, 1.807) is 6.26 Å². The molecule has 1 amide bonds. The van der Waals surface area contributed by atoms with Crippen molar-refractivity contribution in [3.8, 4) is 0 Å². The molecule has 1 N–H and O–H groups in total. The molecule has 5 nitrogen and oxygen atoms in total. The van der Waals surface area contributed by atoms with E-state index in [2.05, 4.69) is 41.4 Å². The SMILES string of the molecule is CC1Cc2ccccc2N1Cc1occc1C(=O)N1CCC(NCC2CC2)CC1. The van der Waals surface area contributed by atoms with Crippen LogP contribution in [0, 0.1) is 5.92 Å². The third-order valence-electron chi connectivity index (χ3n) is 6.81. The molecule has 1 aromatic heterocycles. The lowest BCUT2D eigenvalue weighted by Crippen LogP contribution is -2.45. The fraction of sp³-hybridized carbons (Fsp3) is 0.542. The Bertz CT molecular complexity index is 865. The largest absolute Gasteiger partial charge is 0.467 e. The maximum absolute atomic E-state index is 13.2. The smallest absolute Gasteiger partial charge is 0.257 e. The predicted octanol–water partition coefficient (Wildman–Crippen LogP) is 3.84. The van der Waals surface area contributed by atoms with E-state index in [1.807, 2.05) is 11.0 Å². The Labute approximate surface area is 173 Å². The van der Waals surface area contributed by atoms with Gasteiger partial charge in [-0.3, -0.25) is 4.79 Å². The van der Waals surface area contributed by atoms with Crippen molar-refractivity contribution < 1.29 is 9.21 Å². The quantitative estimate of drug-likeness (QED) is 0.810. The highest BCUT2D eigenvalue weighted by Gasteiger charge is 2.30. The Balaban J connectivity index is 1.23. The van der Waals surface area contributed by atoms with Gasteiger partial charge in [-0.2, -0.15) is 0 Å². The molecule has 0 spiro atoms. The third kappa shape index (κ3) is 3.93. The monoisotopic (exact) mass is 393 g/mol. The first kappa shape index (κ1) is 18.7. The molecule has 3 aliphatic rings. The summed E-state index contributed by atoms with van der Waals surface area (Å²) in [6.07, 6.45) is 7.56. The van der Waals surface area contributed by atoms with E-state index >= 15 is 0 Å². The number of likely N-dealkylation sites (tertiary alicyclic amines) is 1. The molecule has 0 bridgehead atoms. The minimum Gasteiger partial charge on any atom is -0.467 e. The Morgan fingerprint density at radius 2 is 1.93 bits per heavy atom. The third-order valence-corrected chi connectivity index (χ3v) is 6.81. The predicted molar refractivity (Wildman–Crippen MR) is 114 cm³/mol. The molecule has 3 heterocycles. The van der Waals surface area contributed by atoms with Crippen LogP contribution in [0.5, 0.6) is 0 Å². The van der Waals surface area contributed by atoms with Crippen LogP contribution in [0.1, 0.15) is 54.3 Å². The van der Waals surface area contributed by atoms with Gasteiger partial charge in [-0.15, -0.1) is 0 Å². The summed E-state index contributed by atoms with van der Waals surface area (Å²) in [6, 6.07) is 11.4. The summed E-state index contributed by atoms with van der Waals surface area (Å²) < 4.78 is 5.79. The number of carbonyl (C=O) groups is 1.